The third-order valence-corrected chi connectivity index (χ3v) is 2.12. The highest BCUT2D eigenvalue weighted by molar-refractivity contribution is 5.81. The van der Waals surface area contributed by atoms with Crippen molar-refractivity contribution >= 4 is 5.84 Å². The molecule has 3 N–H and O–H groups in total. The van der Waals surface area contributed by atoms with Crippen molar-refractivity contribution in [1.82, 2.24) is 5.43 Å². The molecule has 0 amide bonds. The van der Waals surface area contributed by atoms with E-state index in [0.29, 0.717) is 26.2 Å². The van der Waals surface area contributed by atoms with Crippen LogP contribution in [0.1, 0.15) is 6.42 Å². The highest BCUT2D eigenvalue weighted by Crippen LogP contribution is 2.08. The van der Waals surface area contributed by atoms with Crippen LogP contribution < -0.4 is 16.0 Å². The zero-order valence-electron chi connectivity index (χ0n) is 10.1. The fourth-order valence-corrected chi connectivity index (χ4v) is 1.25. The van der Waals surface area contributed by atoms with E-state index in [1.54, 1.807) is 7.11 Å². The lowest BCUT2D eigenvalue weighted by Crippen LogP contribution is -2.32. The van der Waals surface area contributed by atoms with Gasteiger partial charge in [0.15, 0.2) is 0 Å². The zero-order chi connectivity index (χ0) is 12.3. The second kappa shape index (κ2) is 8.55. The van der Waals surface area contributed by atoms with Gasteiger partial charge in [-0.3, -0.25) is 4.99 Å². The molecular formula is C12H19N3O2. The van der Waals surface area contributed by atoms with Gasteiger partial charge in [-0.25, -0.2) is 5.84 Å². The van der Waals surface area contributed by atoms with Crippen LogP contribution >= 0.6 is 0 Å². The number of amidine groups is 1. The number of methoxy groups -OCH3 is 1. The van der Waals surface area contributed by atoms with Crippen molar-refractivity contribution < 1.29 is 9.47 Å². The molecule has 0 radical (unpaired) electrons. The lowest BCUT2D eigenvalue weighted by Gasteiger charge is -2.08. The van der Waals surface area contributed by atoms with E-state index in [2.05, 4.69) is 10.4 Å². The normalized spacial score (nSPS) is 11.3. The van der Waals surface area contributed by atoms with E-state index in [4.69, 9.17) is 15.3 Å². The predicted molar refractivity (Wildman–Crippen MR) is 68.1 cm³/mol. The van der Waals surface area contributed by atoms with Gasteiger partial charge in [-0.2, -0.15) is 0 Å². The van der Waals surface area contributed by atoms with Crippen LogP contribution in [0.5, 0.6) is 5.75 Å². The molecule has 0 heterocycles. The molecule has 0 saturated carbocycles. The van der Waals surface area contributed by atoms with E-state index >= 15 is 0 Å². The zero-order valence-corrected chi connectivity index (χ0v) is 10.1. The van der Waals surface area contributed by atoms with Crippen molar-refractivity contribution in [2.75, 3.05) is 26.9 Å². The van der Waals surface area contributed by atoms with Crippen molar-refractivity contribution in [1.29, 1.82) is 0 Å². The first kappa shape index (κ1) is 13.5. The topological polar surface area (TPSA) is 68.9 Å². The SMILES string of the molecule is COCCN=C(CCOc1ccccc1)NN. The van der Waals surface area contributed by atoms with Crippen LogP contribution in [0.25, 0.3) is 0 Å². The Balaban J connectivity index is 2.26. The minimum Gasteiger partial charge on any atom is -0.493 e. The van der Waals surface area contributed by atoms with Gasteiger partial charge in [0.2, 0.25) is 0 Å². The Labute approximate surface area is 102 Å². The fourth-order valence-electron chi connectivity index (χ4n) is 1.25. The van der Waals surface area contributed by atoms with Crippen molar-refractivity contribution in [2.45, 2.75) is 6.42 Å². The van der Waals surface area contributed by atoms with Gasteiger partial charge < -0.3 is 14.9 Å². The molecule has 0 spiro atoms. The number of hydrogen-bond donors (Lipinski definition) is 2. The van der Waals surface area contributed by atoms with E-state index in [9.17, 15) is 0 Å². The smallest absolute Gasteiger partial charge is 0.119 e. The molecule has 0 aliphatic heterocycles. The lowest BCUT2D eigenvalue weighted by molar-refractivity contribution is 0.208. The highest BCUT2D eigenvalue weighted by Gasteiger charge is 1.97. The monoisotopic (exact) mass is 237 g/mol. The summed E-state index contributed by atoms with van der Waals surface area (Å²) >= 11 is 0. The van der Waals surface area contributed by atoms with E-state index in [1.807, 2.05) is 30.3 Å². The van der Waals surface area contributed by atoms with Crippen LogP contribution in [0, 0.1) is 0 Å². The fraction of sp³-hybridized carbons (Fsp3) is 0.417. The van der Waals surface area contributed by atoms with Gasteiger partial charge in [0.1, 0.15) is 11.6 Å². The maximum absolute atomic E-state index is 5.54. The van der Waals surface area contributed by atoms with E-state index in [0.717, 1.165) is 11.6 Å². The summed E-state index contributed by atoms with van der Waals surface area (Å²) in [5.41, 5.74) is 2.56. The molecule has 1 rings (SSSR count). The molecule has 5 heteroatoms. The first-order chi connectivity index (χ1) is 8.36. The second-order valence-corrected chi connectivity index (χ2v) is 3.38. The van der Waals surface area contributed by atoms with Crippen molar-refractivity contribution in [3.8, 4) is 5.75 Å². The number of ether oxygens (including phenoxy) is 2. The number of hydrogen-bond acceptors (Lipinski definition) is 4. The average Bonchev–Trinajstić information content (AvgIpc) is 2.38. The van der Waals surface area contributed by atoms with Gasteiger partial charge in [-0.15, -0.1) is 0 Å². The minimum absolute atomic E-state index is 0.542. The number of nitrogens with one attached hydrogen (secondary N) is 1. The van der Waals surface area contributed by atoms with Gasteiger partial charge in [-0.05, 0) is 12.1 Å². The Morgan fingerprint density at radius 2 is 2.06 bits per heavy atom. The maximum Gasteiger partial charge on any atom is 0.119 e. The number of aliphatic imine (C=N–C) groups is 1. The number of hydrazine groups is 1. The molecule has 0 fully saturated rings. The van der Waals surface area contributed by atoms with Gasteiger partial charge >= 0.3 is 0 Å². The third kappa shape index (κ3) is 5.89. The van der Waals surface area contributed by atoms with E-state index in [-0.39, 0.29) is 0 Å². The summed E-state index contributed by atoms with van der Waals surface area (Å²) in [6.07, 6.45) is 0.648. The minimum atomic E-state index is 0.542. The Kier molecular flexibility index (Phi) is 6.78. The van der Waals surface area contributed by atoms with E-state index in [1.165, 1.54) is 0 Å². The number of benzene rings is 1. The maximum atomic E-state index is 5.54. The average molecular weight is 237 g/mol. The van der Waals surface area contributed by atoms with Gasteiger partial charge in [0, 0.05) is 13.5 Å². The number of para-hydroxylation sites is 1. The summed E-state index contributed by atoms with van der Waals surface area (Å²) in [6.45, 7) is 1.73. The quantitative estimate of drug-likeness (QED) is 0.244. The Hall–Kier alpha value is -1.59. The number of nitrogens with zero attached hydrogens (tertiary/aromatic N) is 1. The summed E-state index contributed by atoms with van der Waals surface area (Å²) in [6, 6.07) is 9.65. The molecule has 0 saturated heterocycles. The standard InChI is InChI=1S/C12H19N3O2/c1-16-10-8-14-12(15-13)7-9-17-11-5-3-2-4-6-11/h2-6H,7-10,13H2,1H3,(H,14,15). The first-order valence-corrected chi connectivity index (χ1v) is 5.53. The molecule has 0 aromatic heterocycles. The van der Waals surface area contributed by atoms with Crippen molar-refractivity contribution in [3.05, 3.63) is 30.3 Å². The van der Waals surface area contributed by atoms with Crippen molar-refractivity contribution in [3.63, 3.8) is 0 Å². The molecule has 1 aromatic carbocycles. The summed E-state index contributed by atoms with van der Waals surface area (Å²) in [4.78, 5) is 4.24. The molecular weight excluding hydrogens is 218 g/mol. The van der Waals surface area contributed by atoms with Gasteiger partial charge in [-0.1, -0.05) is 18.2 Å². The molecule has 0 unspecified atom stereocenters. The van der Waals surface area contributed by atoms with Crippen LogP contribution in [0.4, 0.5) is 0 Å². The lowest BCUT2D eigenvalue weighted by atomic mass is 10.3. The number of nitrogens with two attached hydrogens (primary N) is 1. The highest BCUT2D eigenvalue weighted by atomic mass is 16.5. The first-order valence-electron chi connectivity index (χ1n) is 5.53. The van der Waals surface area contributed by atoms with Crippen LogP contribution in [0.2, 0.25) is 0 Å². The summed E-state index contributed by atoms with van der Waals surface area (Å²) in [7, 11) is 1.64. The van der Waals surface area contributed by atoms with Crippen LogP contribution in [-0.4, -0.2) is 32.7 Å². The van der Waals surface area contributed by atoms with E-state index < -0.39 is 0 Å². The molecule has 1 aromatic rings. The van der Waals surface area contributed by atoms with Crippen LogP contribution in [0.3, 0.4) is 0 Å². The third-order valence-electron chi connectivity index (χ3n) is 2.12. The molecule has 5 nitrogen and oxygen atoms in total. The summed E-state index contributed by atoms with van der Waals surface area (Å²) in [5, 5.41) is 0. The Morgan fingerprint density at radius 1 is 1.29 bits per heavy atom. The van der Waals surface area contributed by atoms with Gasteiger partial charge in [0.05, 0.1) is 19.8 Å². The van der Waals surface area contributed by atoms with Crippen molar-refractivity contribution in [2.24, 2.45) is 10.8 Å². The molecule has 94 valence electrons. The Bertz CT molecular complexity index is 328. The van der Waals surface area contributed by atoms with Crippen LogP contribution in [-0.2, 0) is 4.74 Å². The largest absolute Gasteiger partial charge is 0.493 e. The number of rotatable bonds is 7. The Morgan fingerprint density at radius 3 is 2.71 bits per heavy atom. The molecule has 0 aliphatic carbocycles. The molecule has 0 bridgehead atoms. The van der Waals surface area contributed by atoms with Gasteiger partial charge in [0.25, 0.3) is 0 Å². The molecule has 0 atom stereocenters. The van der Waals surface area contributed by atoms with Crippen LogP contribution in [0.15, 0.2) is 35.3 Å². The molecule has 0 aliphatic rings. The predicted octanol–water partition coefficient (Wildman–Crippen LogP) is 0.964. The second-order valence-electron chi connectivity index (χ2n) is 3.38. The summed E-state index contributed by atoms with van der Waals surface area (Å²) < 4.78 is 10.4. The summed E-state index contributed by atoms with van der Waals surface area (Å²) in [5.74, 6) is 6.93. The molecule has 17 heavy (non-hydrogen) atoms.